The lowest BCUT2D eigenvalue weighted by molar-refractivity contribution is 0.00932. The van der Waals surface area contributed by atoms with Crippen molar-refractivity contribution in [3.63, 3.8) is 0 Å². The molecular weight excluding hydrogens is 316 g/mol. The van der Waals surface area contributed by atoms with Gasteiger partial charge in [-0.25, -0.2) is 0 Å². The van der Waals surface area contributed by atoms with Gasteiger partial charge >= 0.3 is 0 Å². The first-order valence-electron chi connectivity index (χ1n) is 8.40. The summed E-state index contributed by atoms with van der Waals surface area (Å²) in [6, 6.07) is 21.1. The maximum absolute atomic E-state index is 6.41. The highest BCUT2D eigenvalue weighted by Gasteiger charge is 2.22. The molecule has 24 heavy (non-hydrogen) atoms. The van der Waals surface area contributed by atoms with Crippen molar-refractivity contribution in [2.24, 2.45) is 0 Å². The molecule has 1 unspecified atom stereocenters. The van der Waals surface area contributed by atoms with Crippen LogP contribution in [0, 0.1) is 0 Å². The maximum atomic E-state index is 6.41. The largest absolute Gasteiger partial charge is 0.504 e. The summed E-state index contributed by atoms with van der Waals surface area (Å²) in [5.41, 5.74) is 1.22. The van der Waals surface area contributed by atoms with Crippen LogP contribution in [0.2, 0.25) is 0 Å². The monoisotopic (exact) mass is 340 g/mol. The summed E-state index contributed by atoms with van der Waals surface area (Å²) in [5.74, 6) is 0. The molecule has 0 bridgehead atoms. The fraction of sp³-hybridized carbons (Fsp3) is 0.300. The van der Waals surface area contributed by atoms with E-state index in [9.17, 15) is 0 Å². The van der Waals surface area contributed by atoms with Crippen LogP contribution in [0.25, 0.3) is 0 Å². The molecule has 1 heterocycles. The SMILES string of the molecule is COC=C1CCC(CO[SiH](c2ccccc2)c2ccccc2)OC1. The van der Waals surface area contributed by atoms with Gasteiger partial charge in [0.25, 0.3) is 0 Å². The number of rotatable bonds is 6. The van der Waals surface area contributed by atoms with Gasteiger partial charge in [-0.2, -0.15) is 0 Å². The van der Waals surface area contributed by atoms with Gasteiger partial charge in [0.1, 0.15) is 0 Å². The van der Waals surface area contributed by atoms with E-state index in [-0.39, 0.29) is 6.10 Å². The van der Waals surface area contributed by atoms with Gasteiger partial charge in [0, 0.05) is 0 Å². The summed E-state index contributed by atoms with van der Waals surface area (Å²) >= 11 is 0. The van der Waals surface area contributed by atoms with Gasteiger partial charge in [-0.05, 0) is 28.8 Å². The van der Waals surface area contributed by atoms with Crippen molar-refractivity contribution >= 4 is 19.4 Å². The fourth-order valence-electron chi connectivity index (χ4n) is 2.96. The van der Waals surface area contributed by atoms with E-state index >= 15 is 0 Å². The number of hydrogen-bond donors (Lipinski definition) is 0. The molecule has 1 saturated heterocycles. The van der Waals surface area contributed by atoms with Crippen LogP contribution in [-0.4, -0.2) is 35.5 Å². The fourth-order valence-corrected chi connectivity index (χ4v) is 5.28. The Labute approximate surface area is 145 Å². The first-order chi connectivity index (χ1) is 11.9. The molecule has 126 valence electrons. The third kappa shape index (κ3) is 4.57. The van der Waals surface area contributed by atoms with Gasteiger partial charge < -0.3 is 13.9 Å². The average molecular weight is 340 g/mol. The maximum Gasteiger partial charge on any atom is 0.239 e. The Hall–Kier alpha value is -1.88. The van der Waals surface area contributed by atoms with Crippen molar-refractivity contribution in [3.05, 3.63) is 72.5 Å². The number of benzene rings is 2. The molecule has 4 heteroatoms. The zero-order valence-corrected chi connectivity index (χ0v) is 15.2. The van der Waals surface area contributed by atoms with E-state index < -0.39 is 9.04 Å². The molecule has 0 radical (unpaired) electrons. The first-order valence-corrected chi connectivity index (χ1v) is 10.0. The third-order valence-electron chi connectivity index (χ3n) is 4.23. The molecule has 1 atom stereocenters. The second kappa shape index (κ2) is 8.83. The average Bonchev–Trinajstić information content (AvgIpc) is 2.65. The summed E-state index contributed by atoms with van der Waals surface area (Å²) in [6.45, 7) is 1.30. The Morgan fingerprint density at radius 1 is 1.04 bits per heavy atom. The van der Waals surface area contributed by atoms with Crippen LogP contribution < -0.4 is 10.4 Å². The number of hydrogen-bond acceptors (Lipinski definition) is 3. The van der Waals surface area contributed by atoms with E-state index in [0.29, 0.717) is 13.2 Å². The van der Waals surface area contributed by atoms with Crippen molar-refractivity contribution in [1.82, 2.24) is 0 Å². The second-order valence-corrected chi connectivity index (χ2v) is 8.44. The molecule has 3 rings (SSSR count). The molecule has 0 aliphatic carbocycles. The Balaban J connectivity index is 1.64. The van der Waals surface area contributed by atoms with E-state index in [2.05, 4.69) is 48.5 Å². The smallest absolute Gasteiger partial charge is 0.239 e. The first kappa shape index (κ1) is 17.0. The van der Waals surface area contributed by atoms with Crippen LogP contribution in [-0.2, 0) is 13.9 Å². The van der Waals surface area contributed by atoms with E-state index in [1.807, 2.05) is 12.1 Å². The van der Waals surface area contributed by atoms with Crippen molar-refractivity contribution in [3.8, 4) is 0 Å². The molecule has 1 aliphatic heterocycles. The van der Waals surface area contributed by atoms with Crippen molar-refractivity contribution in [1.29, 1.82) is 0 Å². The van der Waals surface area contributed by atoms with Gasteiger partial charge in [-0.15, -0.1) is 0 Å². The Bertz CT molecular complexity index is 593. The molecule has 0 saturated carbocycles. The minimum absolute atomic E-state index is 0.168. The summed E-state index contributed by atoms with van der Waals surface area (Å²) in [6.07, 6.45) is 3.97. The molecule has 0 amide bonds. The van der Waals surface area contributed by atoms with Crippen LogP contribution in [0.15, 0.2) is 72.5 Å². The minimum atomic E-state index is -1.67. The Kier molecular flexibility index (Phi) is 6.24. The topological polar surface area (TPSA) is 27.7 Å². The molecule has 1 aliphatic rings. The van der Waals surface area contributed by atoms with Crippen LogP contribution >= 0.6 is 0 Å². The summed E-state index contributed by atoms with van der Waals surface area (Å²) in [5, 5.41) is 2.61. The molecule has 2 aromatic carbocycles. The van der Waals surface area contributed by atoms with Crippen molar-refractivity contribution in [2.45, 2.75) is 18.9 Å². The Morgan fingerprint density at radius 2 is 1.67 bits per heavy atom. The van der Waals surface area contributed by atoms with Crippen molar-refractivity contribution in [2.75, 3.05) is 20.3 Å². The summed E-state index contributed by atoms with van der Waals surface area (Å²) in [7, 11) is 0.00898. The van der Waals surface area contributed by atoms with Crippen LogP contribution in [0.3, 0.4) is 0 Å². The van der Waals surface area contributed by atoms with Gasteiger partial charge in [0.2, 0.25) is 9.04 Å². The minimum Gasteiger partial charge on any atom is -0.504 e. The molecular formula is C20H24O3Si. The highest BCUT2D eigenvalue weighted by Crippen LogP contribution is 2.18. The van der Waals surface area contributed by atoms with E-state index in [1.54, 1.807) is 13.4 Å². The van der Waals surface area contributed by atoms with Gasteiger partial charge in [0.15, 0.2) is 0 Å². The lowest BCUT2D eigenvalue weighted by Crippen LogP contribution is -2.46. The van der Waals surface area contributed by atoms with Gasteiger partial charge in [-0.1, -0.05) is 60.7 Å². The highest BCUT2D eigenvalue weighted by molar-refractivity contribution is 6.80. The number of ether oxygens (including phenoxy) is 2. The molecule has 3 nitrogen and oxygen atoms in total. The van der Waals surface area contributed by atoms with Crippen LogP contribution in [0.1, 0.15) is 12.8 Å². The summed E-state index contributed by atoms with van der Waals surface area (Å²) < 4.78 is 17.4. The number of methoxy groups -OCH3 is 1. The van der Waals surface area contributed by atoms with Gasteiger partial charge in [0.05, 0.1) is 32.7 Å². The predicted molar refractivity (Wildman–Crippen MR) is 99.3 cm³/mol. The van der Waals surface area contributed by atoms with E-state index in [4.69, 9.17) is 13.9 Å². The lowest BCUT2D eigenvalue weighted by Gasteiger charge is -2.26. The normalized spacial score (nSPS) is 19.6. The molecule has 1 fully saturated rings. The molecule has 0 N–H and O–H groups in total. The zero-order valence-electron chi connectivity index (χ0n) is 14.1. The van der Waals surface area contributed by atoms with Gasteiger partial charge in [-0.3, -0.25) is 0 Å². The second-order valence-electron chi connectivity index (χ2n) is 6.02. The third-order valence-corrected chi connectivity index (χ3v) is 6.74. The predicted octanol–water partition coefficient (Wildman–Crippen LogP) is 2.25. The van der Waals surface area contributed by atoms with Crippen molar-refractivity contribution < 1.29 is 13.9 Å². The molecule has 2 aromatic rings. The Morgan fingerprint density at radius 3 is 2.17 bits per heavy atom. The molecule has 0 aromatic heterocycles. The summed E-state index contributed by atoms with van der Waals surface area (Å²) in [4.78, 5) is 0. The molecule has 0 spiro atoms. The van der Waals surface area contributed by atoms with E-state index in [1.165, 1.54) is 15.9 Å². The zero-order chi connectivity index (χ0) is 16.6. The quantitative estimate of drug-likeness (QED) is 0.596. The van der Waals surface area contributed by atoms with Crippen LogP contribution in [0.5, 0.6) is 0 Å². The standard InChI is InChI=1S/C20H24O3Si/c1-21-14-17-12-13-18(22-15-17)16-23-24(19-8-4-2-5-9-19)20-10-6-3-7-11-20/h2-11,14,18,24H,12-13,15-16H2,1H3. The van der Waals surface area contributed by atoms with Crippen LogP contribution in [0.4, 0.5) is 0 Å². The lowest BCUT2D eigenvalue weighted by atomic mass is 10.1. The van der Waals surface area contributed by atoms with E-state index in [0.717, 1.165) is 12.8 Å². The highest BCUT2D eigenvalue weighted by atomic mass is 28.3.